The van der Waals surface area contributed by atoms with E-state index in [1.165, 1.54) is 6.07 Å². The molecule has 0 aromatic heterocycles. The molecule has 0 heterocycles. The summed E-state index contributed by atoms with van der Waals surface area (Å²) in [5, 5.41) is 12.0. The van der Waals surface area contributed by atoms with Crippen LogP contribution in [-0.2, 0) is 15.6 Å². The molecule has 0 fully saturated rings. The van der Waals surface area contributed by atoms with Gasteiger partial charge in [-0.1, -0.05) is 12.1 Å². The van der Waals surface area contributed by atoms with Crippen molar-refractivity contribution in [3.8, 4) is 5.75 Å². The molecule has 0 aliphatic heterocycles. The van der Waals surface area contributed by atoms with Crippen LogP contribution in [0.25, 0.3) is 0 Å². The Balaban J connectivity index is 2.52. The van der Waals surface area contributed by atoms with Crippen LogP contribution in [0, 0.1) is 6.92 Å². The molecule has 1 aromatic rings. The first-order valence-corrected chi connectivity index (χ1v) is 7.18. The van der Waals surface area contributed by atoms with Crippen LogP contribution in [0.3, 0.4) is 0 Å². The van der Waals surface area contributed by atoms with E-state index in [0.717, 1.165) is 0 Å². The number of hydrogen-bond acceptors (Lipinski definition) is 3. The van der Waals surface area contributed by atoms with Gasteiger partial charge in [-0.3, -0.25) is 9.00 Å². The molecule has 0 aliphatic rings. The maximum atomic E-state index is 11.9. The van der Waals surface area contributed by atoms with Gasteiger partial charge in [0.15, 0.2) is 0 Å². The predicted octanol–water partition coefficient (Wildman–Crippen LogP) is 2.34. The number of anilines is 1. The molecule has 0 radical (unpaired) electrons. The largest absolute Gasteiger partial charge is 0.505 e. The van der Waals surface area contributed by atoms with Crippen LogP contribution in [0.15, 0.2) is 18.2 Å². The maximum Gasteiger partial charge on any atom is 0.390 e. The first-order chi connectivity index (χ1) is 9.19. The van der Waals surface area contributed by atoms with Gasteiger partial charge in [-0.15, -0.1) is 0 Å². The van der Waals surface area contributed by atoms with Crippen molar-refractivity contribution < 1.29 is 27.3 Å². The van der Waals surface area contributed by atoms with E-state index in [0.29, 0.717) is 5.56 Å². The number of hydrogen-bond donors (Lipinski definition) is 2. The third-order valence-electron chi connectivity index (χ3n) is 2.42. The number of carbonyl (C=O) groups excluding carboxylic acids is 1. The fraction of sp³-hybridized carbons (Fsp3) is 0.417. The second-order valence-electron chi connectivity index (χ2n) is 4.17. The summed E-state index contributed by atoms with van der Waals surface area (Å²) in [6.45, 7) is 1.63. The second kappa shape index (κ2) is 6.74. The lowest BCUT2D eigenvalue weighted by Gasteiger charge is -2.09. The van der Waals surface area contributed by atoms with Crippen LogP contribution in [0.1, 0.15) is 12.0 Å². The lowest BCUT2D eigenvalue weighted by Crippen LogP contribution is -2.22. The molecule has 1 amide bonds. The van der Waals surface area contributed by atoms with Gasteiger partial charge in [0, 0.05) is 16.6 Å². The number of nitrogens with one attached hydrogen (secondary N) is 1. The fourth-order valence-corrected chi connectivity index (χ4v) is 2.36. The number of phenols is 1. The topological polar surface area (TPSA) is 66.4 Å². The zero-order valence-electron chi connectivity index (χ0n) is 10.7. The van der Waals surface area contributed by atoms with Gasteiger partial charge in [0.2, 0.25) is 5.91 Å². The monoisotopic (exact) mass is 309 g/mol. The minimum absolute atomic E-state index is 0.123. The van der Waals surface area contributed by atoms with Crippen molar-refractivity contribution in [1.29, 1.82) is 0 Å². The highest BCUT2D eigenvalue weighted by Gasteiger charge is 2.28. The van der Waals surface area contributed by atoms with E-state index in [1.807, 2.05) is 0 Å². The zero-order chi connectivity index (χ0) is 15.3. The molecule has 1 unspecified atom stereocenters. The molecule has 1 atom stereocenters. The summed E-state index contributed by atoms with van der Waals surface area (Å²) < 4.78 is 47.1. The van der Waals surface area contributed by atoms with Gasteiger partial charge in [0.1, 0.15) is 11.5 Å². The van der Waals surface area contributed by atoms with Gasteiger partial charge in [0.25, 0.3) is 0 Å². The molecular formula is C12H14F3NO3S. The van der Waals surface area contributed by atoms with E-state index in [4.69, 9.17) is 0 Å². The number of benzene rings is 1. The SMILES string of the molecule is Cc1cccc(NC(=O)CS(=O)CCC(F)(F)F)c1O. The molecule has 0 saturated heterocycles. The Kier molecular flexibility index (Phi) is 5.55. The number of alkyl halides is 3. The Morgan fingerprint density at radius 3 is 2.65 bits per heavy atom. The van der Waals surface area contributed by atoms with Crippen molar-refractivity contribution in [2.24, 2.45) is 0 Å². The molecule has 8 heteroatoms. The smallest absolute Gasteiger partial charge is 0.390 e. The highest BCUT2D eigenvalue weighted by atomic mass is 32.2. The van der Waals surface area contributed by atoms with Crippen molar-refractivity contribution in [3.63, 3.8) is 0 Å². The highest BCUT2D eigenvalue weighted by Crippen LogP contribution is 2.26. The van der Waals surface area contributed by atoms with Crippen molar-refractivity contribution in [2.45, 2.75) is 19.5 Å². The summed E-state index contributed by atoms with van der Waals surface area (Å²) >= 11 is 0. The number of aryl methyl sites for hydroxylation is 1. The third kappa shape index (κ3) is 5.60. The molecule has 112 valence electrons. The van der Waals surface area contributed by atoms with Crippen molar-refractivity contribution in [3.05, 3.63) is 23.8 Å². The van der Waals surface area contributed by atoms with Gasteiger partial charge in [-0.25, -0.2) is 0 Å². The Morgan fingerprint density at radius 2 is 2.05 bits per heavy atom. The minimum atomic E-state index is -4.39. The molecule has 1 aromatic carbocycles. The molecule has 4 nitrogen and oxygen atoms in total. The third-order valence-corrected chi connectivity index (χ3v) is 3.66. The van der Waals surface area contributed by atoms with Crippen LogP contribution in [0.2, 0.25) is 0 Å². The van der Waals surface area contributed by atoms with Gasteiger partial charge in [0.05, 0.1) is 12.1 Å². The first kappa shape index (κ1) is 16.5. The molecule has 0 aliphatic carbocycles. The summed E-state index contributed by atoms with van der Waals surface area (Å²) in [6, 6.07) is 4.68. The standard InChI is InChI=1S/C12H14F3NO3S/c1-8-3-2-4-9(11(8)18)16-10(17)7-20(19)6-5-12(13,14)15/h2-4,18H,5-7H2,1H3,(H,16,17). The molecule has 2 N–H and O–H groups in total. The lowest BCUT2D eigenvalue weighted by atomic mass is 10.2. The Labute approximate surface area is 116 Å². The number of para-hydroxylation sites is 1. The van der Waals surface area contributed by atoms with E-state index in [9.17, 15) is 27.3 Å². The van der Waals surface area contributed by atoms with Gasteiger partial charge in [-0.2, -0.15) is 13.2 Å². The zero-order valence-corrected chi connectivity index (χ0v) is 11.5. The van der Waals surface area contributed by atoms with Crippen LogP contribution in [-0.4, -0.2) is 32.9 Å². The molecular weight excluding hydrogens is 295 g/mol. The van der Waals surface area contributed by atoms with Crippen molar-refractivity contribution in [2.75, 3.05) is 16.8 Å². The molecule has 0 bridgehead atoms. The number of aromatic hydroxyl groups is 1. The van der Waals surface area contributed by atoms with Crippen molar-refractivity contribution in [1.82, 2.24) is 0 Å². The van der Waals surface area contributed by atoms with E-state index in [2.05, 4.69) is 5.32 Å². The molecule has 20 heavy (non-hydrogen) atoms. The summed E-state index contributed by atoms with van der Waals surface area (Å²) in [7, 11) is -1.90. The summed E-state index contributed by atoms with van der Waals surface area (Å²) in [6.07, 6.45) is -5.58. The van der Waals surface area contributed by atoms with E-state index >= 15 is 0 Å². The predicted molar refractivity (Wildman–Crippen MR) is 70.0 cm³/mol. The first-order valence-electron chi connectivity index (χ1n) is 5.69. The van der Waals surface area contributed by atoms with Crippen LogP contribution >= 0.6 is 0 Å². The number of phenolic OH excluding ortho intramolecular Hbond substituents is 1. The van der Waals surface area contributed by atoms with Gasteiger partial charge in [-0.05, 0) is 18.6 Å². The Morgan fingerprint density at radius 1 is 1.40 bits per heavy atom. The van der Waals surface area contributed by atoms with Crippen molar-refractivity contribution >= 4 is 22.4 Å². The fourth-order valence-electron chi connectivity index (χ4n) is 1.39. The number of rotatable bonds is 5. The average molecular weight is 309 g/mol. The summed E-state index contributed by atoms with van der Waals surface area (Å²) in [5.41, 5.74) is 0.684. The number of amides is 1. The quantitative estimate of drug-likeness (QED) is 0.821. The van der Waals surface area contributed by atoms with Gasteiger partial charge >= 0.3 is 6.18 Å². The molecule has 0 spiro atoms. The normalized spacial score (nSPS) is 13.0. The highest BCUT2D eigenvalue weighted by molar-refractivity contribution is 7.85. The van der Waals surface area contributed by atoms with Crippen LogP contribution in [0.5, 0.6) is 5.75 Å². The number of halogens is 3. The van der Waals surface area contributed by atoms with Gasteiger partial charge < -0.3 is 10.4 Å². The van der Waals surface area contributed by atoms with E-state index in [1.54, 1.807) is 19.1 Å². The minimum Gasteiger partial charge on any atom is -0.505 e. The second-order valence-corrected chi connectivity index (χ2v) is 5.75. The van der Waals surface area contributed by atoms with E-state index in [-0.39, 0.29) is 11.4 Å². The Bertz CT molecular complexity index is 517. The molecule has 0 saturated carbocycles. The summed E-state index contributed by atoms with van der Waals surface area (Å²) in [5.74, 6) is -1.98. The Hall–Kier alpha value is -1.57. The summed E-state index contributed by atoms with van der Waals surface area (Å²) in [4.78, 5) is 11.5. The maximum absolute atomic E-state index is 11.9. The molecule has 1 rings (SSSR count). The van der Waals surface area contributed by atoms with E-state index < -0.39 is 40.8 Å². The number of carbonyl (C=O) groups is 1. The van der Waals surface area contributed by atoms with Crippen LogP contribution in [0.4, 0.5) is 18.9 Å². The lowest BCUT2D eigenvalue weighted by molar-refractivity contribution is -0.129. The average Bonchev–Trinajstić information content (AvgIpc) is 2.31. The van der Waals surface area contributed by atoms with Crippen LogP contribution < -0.4 is 5.32 Å².